The summed E-state index contributed by atoms with van der Waals surface area (Å²) in [4.78, 5) is 220. The Morgan fingerprint density at radius 2 is 1.07 bits per heavy atom. The number of ether oxygens (including phenoxy) is 2. The van der Waals surface area contributed by atoms with Crippen molar-refractivity contribution >= 4 is 122 Å². The summed E-state index contributed by atoms with van der Waals surface area (Å²) in [6, 6.07) is -3.42. The number of carbonyl (C=O) groups is 14. The van der Waals surface area contributed by atoms with Crippen LogP contribution < -0.4 is 91.2 Å². The second kappa shape index (κ2) is 56.4. The normalized spacial score (nSPS) is 19.9. The van der Waals surface area contributed by atoms with Crippen LogP contribution in [0.2, 0.25) is 0 Å². The number of unbranched alkanes of at least 4 members (excludes halogenated alkanes) is 3. The van der Waals surface area contributed by atoms with Gasteiger partial charge in [-0.1, -0.05) is 82.0 Å². The van der Waals surface area contributed by atoms with E-state index < -0.39 is 156 Å². The van der Waals surface area contributed by atoms with Crippen LogP contribution in [-0.2, 0) is 83.0 Å². The first-order chi connectivity index (χ1) is 54.8. The summed E-state index contributed by atoms with van der Waals surface area (Å²) in [5, 5.41) is 56.8. The van der Waals surface area contributed by atoms with Crippen LogP contribution in [-0.4, -0.2) is 292 Å². The number of nitroso groups, excluding NO2 is 2. The summed E-state index contributed by atoms with van der Waals surface area (Å²) in [5.41, 5.74) is 10.5. The van der Waals surface area contributed by atoms with Gasteiger partial charge in [0.2, 0.25) is 76.8 Å². The molecule has 43 heteroatoms. The second-order valence-electron chi connectivity index (χ2n) is 28.6. The van der Waals surface area contributed by atoms with E-state index in [1.54, 1.807) is 44.2 Å². The fourth-order valence-electron chi connectivity index (χ4n) is 10.9. The number of nitrogens with two attached hydrogens (primary N) is 2. The first-order valence-corrected chi connectivity index (χ1v) is 42.3. The smallest absolute Gasteiger partial charge is 0.305 e. The highest BCUT2D eigenvalue weighted by Crippen LogP contribution is 2.25. The Morgan fingerprint density at radius 1 is 0.557 bits per heavy atom. The minimum Gasteiger partial charge on any atom is -0.481 e. The second-order valence-corrected chi connectivity index (χ2v) is 32.2. The number of benzene rings is 1. The van der Waals surface area contributed by atoms with Crippen LogP contribution in [0, 0.1) is 9.81 Å². The Kier molecular flexibility index (Phi) is 49.2. The number of hydrogen-bond donors (Lipinski definition) is 18. The topological polar surface area (TPSA) is 585 Å². The SMILES string of the molecule is CCCCCC(=O)NCCCC[C@@H]1NC(=O)CSC[C@@H](C(=O)NCC(=O)NCCOCCOCCNC(=O)CCC(=O)NCCN(CCNC(C)(C)C(C)N=O)CCNC(C)(C)C(C)N=O)NC(=O)[C@H](Cc2ccccc2)NC(=O)[C@@H]2CSSC[C@H](NC1=O)C(=O)N[C@@H](CCCN=C(N)N)C(=O)NCC(=O)N[C@@H](CC(=O)O)C(=O)N2. The number of aliphatic carboxylic acids is 1. The molecule has 2 fully saturated rings. The Labute approximate surface area is 683 Å². The van der Waals surface area contributed by atoms with Gasteiger partial charge in [0.05, 0.1) is 51.7 Å². The molecule has 0 aromatic heterocycles. The molecule has 2 aliphatic rings. The maximum atomic E-state index is 14.7. The van der Waals surface area contributed by atoms with Gasteiger partial charge in [-0.05, 0) is 85.6 Å². The van der Waals surface area contributed by atoms with Crippen molar-refractivity contribution in [1.82, 2.24) is 84.7 Å². The number of aliphatic imine (C=N–C) groups is 1. The van der Waals surface area contributed by atoms with E-state index in [-0.39, 0.29) is 138 Å². The van der Waals surface area contributed by atoms with Gasteiger partial charge in [0, 0.05) is 119 Å². The first kappa shape index (κ1) is 100. The molecular weight excluding hydrogens is 1560 g/mol. The molecule has 20 N–H and O–H groups in total. The zero-order valence-electron chi connectivity index (χ0n) is 66.9. The number of carbonyl (C=O) groups excluding carboxylic acids is 13. The molecule has 40 nitrogen and oxygen atoms in total. The summed E-state index contributed by atoms with van der Waals surface area (Å²) in [6.45, 7) is 15.3. The number of amides is 13. The van der Waals surface area contributed by atoms with Crippen molar-refractivity contribution in [2.75, 3.05) is 128 Å². The third kappa shape index (κ3) is 43.6. The van der Waals surface area contributed by atoms with E-state index in [0.29, 0.717) is 64.1 Å². The zero-order valence-corrected chi connectivity index (χ0v) is 69.3. The third-order valence-electron chi connectivity index (χ3n) is 18.5. The maximum Gasteiger partial charge on any atom is 0.305 e. The van der Waals surface area contributed by atoms with Gasteiger partial charge in [0.1, 0.15) is 54.4 Å². The quantitative estimate of drug-likeness (QED) is 0.0101. The van der Waals surface area contributed by atoms with Crippen LogP contribution in [0.5, 0.6) is 0 Å². The van der Waals surface area contributed by atoms with Gasteiger partial charge >= 0.3 is 5.97 Å². The minimum absolute atomic E-state index is 0.00209. The summed E-state index contributed by atoms with van der Waals surface area (Å²) in [6.07, 6.45) is 2.04. The summed E-state index contributed by atoms with van der Waals surface area (Å²) in [7, 11) is 1.82. The van der Waals surface area contributed by atoms with Crippen molar-refractivity contribution in [3.8, 4) is 0 Å². The summed E-state index contributed by atoms with van der Waals surface area (Å²) < 4.78 is 11.1. The molecule has 2 bridgehead atoms. The lowest BCUT2D eigenvalue weighted by Crippen LogP contribution is -2.60. The Hall–Kier alpha value is -8.88. The standard InChI is InChI=1S/C72H121N21O19S3/c1-8-9-11-21-56(94)75-24-15-14-19-50-65(104)89-54-43-114-115-44-55(90-67(106)52(39-62(100)101)85-60(98)41-81-63(102)49(86-68(54)107)20-16-25-79-70(73)74)69(108)87-51(38-48-17-12-10-13-18-48)66(105)88-53(42-113-45-61(99)84-50)64(103)80-40-59(97)78-30-35-112-37-36-111-34-29-77-58(96)23-22-57(95)76-26-31-93(32-27-82-71(4,5)46(2)91-109)33-28-83-72(6,7)47(3)92-110/h10,12-13,17-18,46-47,49-55,82-83H,8-9,11,14-16,19-45H2,1-7H3,(H,75,94)(H,76,95)(H,77,96)(H,78,97)(H,80,103)(H,81,102)(H,84,99)(H,85,98)(H,86,107)(H,87,108)(H,88,105)(H,89,104)(H,90,106)(H,100,101)(H4,73,74,79)/t46?,47?,49-,50-,51-,52-,53-,54-,55-/m0/s1. The lowest BCUT2D eigenvalue weighted by Gasteiger charge is -2.32. The summed E-state index contributed by atoms with van der Waals surface area (Å²) in [5.74, 6) is -13.3. The molecule has 115 heavy (non-hydrogen) atoms. The zero-order chi connectivity index (χ0) is 85.1. The van der Waals surface area contributed by atoms with Gasteiger partial charge < -0.3 is 106 Å². The van der Waals surface area contributed by atoms with Gasteiger partial charge in [-0.2, -0.15) is 9.81 Å². The lowest BCUT2D eigenvalue weighted by molar-refractivity contribution is -0.141. The third-order valence-corrected chi connectivity index (χ3v) is 22.0. The van der Waals surface area contributed by atoms with Crippen LogP contribution >= 0.6 is 33.3 Å². The molecule has 3 rings (SSSR count). The van der Waals surface area contributed by atoms with Gasteiger partial charge in [-0.15, -0.1) is 11.8 Å². The number of hydrogen-bond acceptors (Lipinski definition) is 27. The highest BCUT2D eigenvalue weighted by Gasteiger charge is 2.36. The molecule has 646 valence electrons. The Morgan fingerprint density at radius 3 is 1.64 bits per heavy atom. The largest absolute Gasteiger partial charge is 0.481 e. The molecule has 9 atom stereocenters. The number of nitrogens with one attached hydrogen (secondary N) is 15. The van der Waals surface area contributed by atoms with Crippen molar-refractivity contribution in [2.45, 2.75) is 197 Å². The van der Waals surface area contributed by atoms with Gasteiger partial charge in [0.25, 0.3) is 0 Å². The van der Waals surface area contributed by atoms with Crippen LogP contribution in [0.25, 0.3) is 0 Å². The minimum atomic E-state index is -1.85. The fraction of sp³-hybridized carbons (Fsp3) is 0.708. The van der Waals surface area contributed by atoms with Crippen molar-refractivity contribution in [3.63, 3.8) is 0 Å². The van der Waals surface area contributed by atoms with Gasteiger partial charge in [0.15, 0.2) is 5.96 Å². The highest BCUT2D eigenvalue weighted by atomic mass is 33.1. The van der Waals surface area contributed by atoms with Crippen molar-refractivity contribution < 1.29 is 81.7 Å². The number of carboxylic acid groups (broad SMARTS) is 1. The predicted molar refractivity (Wildman–Crippen MR) is 436 cm³/mol. The number of rotatable bonds is 47. The lowest BCUT2D eigenvalue weighted by atomic mass is 9.97. The number of nitrogens with zero attached hydrogens (tertiary/aromatic N) is 4. The van der Waals surface area contributed by atoms with E-state index in [4.69, 9.17) is 20.9 Å². The predicted octanol–water partition coefficient (Wildman–Crippen LogP) is -3.10. The van der Waals surface area contributed by atoms with E-state index in [1.807, 2.05) is 34.6 Å². The maximum absolute atomic E-state index is 14.7. The van der Waals surface area contributed by atoms with E-state index in [2.05, 4.69) is 100.0 Å². The Bertz CT molecular complexity index is 3300. The van der Waals surface area contributed by atoms with Crippen LogP contribution in [0.3, 0.4) is 0 Å². The van der Waals surface area contributed by atoms with Crippen LogP contribution in [0.4, 0.5) is 0 Å². The van der Waals surface area contributed by atoms with E-state index >= 15 is 0 Å². The molecule has 0 saturated carbocycles. The van der Waals surface area contributed by atoms with E-state index in [0.717, 1.165) is 46.2 Å². The monoisotopic (exact) mass is 1680 g/mol. The molecule has 13 amide bonds. The molecule has 0 spiro atoms. The van der Waals surface area contributed by atoms with Crippen LogP contribution in [0.1, 0.15) is 131 Å². The molecule has 2 saturated heterocycles. The summed E-state index contributed by atoms with van der Waals surface area (Å²) >= 11 is 0.844. The number of guanidine groups is 1. The molecule has 2 aliphatic heterocycles. The average molecular weight is 1680 g/mol. The van der Waals surface area contributed by atoms with Gasteiger partial charge in [-0.3, -0.25) is 77.0 Å². The van der Waals surface area contributed by atoms with E-state index in [1.165, 1.54) is 0 Å². The van der Waals surface area contributed by atoms with Gasteiger partial charge in [-0.25, -0.2) is 0 Å². The fourth-order valence-corrected chi connectivity index (χ4v) is 14.1. The van der Waals surface area contributed by atoms with E-state index in [9.17, 15) is 82.0 Å². The molecule has 0 radical (unpaired) electrons. The number of thioether (sulfide) groups is 1. The number of carboxylic acids is 1. The molecule has 1 aromatic carbocycles. The molecule has 0 aliphatic carbocycles. The highest BCUT2D eigenvalue weighted by molar-refractivity contribution is 8.76. The first-order valence-electron chi connectivity index (χ1n) is 38.7. The molecule has 2 heterocycles. The Balaban J connectivity index is 1.76. The number of fused-ring (bicyclic) bond motifs is 5. The molecule has 2 unspecified atom stereocenters. The van der Waals surface area contributed by atoms with Crippen molar-refractivity contribution in [2.24, 2.45) is 26.8 Å². The van der Waals surface area contributed by atoms with Crippen LogP contribution in [0.15, 0.2) is 45.7 Å². The van der Waals surface area contributed by atoms with Crippen molar-refractivity contribution in [3.05, 3.63) is 45.7 Å². The molecular formula is C72H121N21O19S3. The molecule has 1 aromatic rings. The van der Waals surface area contributed by atoms with Crippen molar-refractivity contribution in [1.29, 1.82) is 0 Å². The average Bonchev–Trinajstić information content (AvgIpc) is 1.42.